The van der Waals surface area contributed by atoms with Crippen LogP contribution in [0.3, 0.4) is 0 Å². The van der Waals surface area contributed by atoms with Gasteiger partial charge in [-0.25, -0.2) is 0 Å². The number of nitriles is 1. The lowest BCUT2D eigenvalue weighted by atomic mass is 9.98. The Balaban J connectivity index is 2.21. The number of para-hydroxylation sites is 1. The molecule has 0 radical (unpaired) electrons. The van der Waals surface area contributed by atoms with Crippen molar-refractivity contribution in [1.29, 1.82) is 5.26 Å². The average molecular weight is 280 g/mol. The van der Waals surface area contributed by atoms with Crippen molar-refractivity contribution in [2.24, 2.45) is 0 Å². The molecule has 2 aromatic rings. The van der Waals surface area contributed by atoms with Gasteiger partial charge in [-0.15, -0.1) is 0 Å². The van der Waals surface area contributed by atoms with Crippen molar-refractivity contribution in [3.63, 3.8) is 0 Å². The van der Waals surface area contributed by atoms with Gasteiger partial charge in [0.2, 0.25) is 0 Å². The lowest BCUT2D eigenvalue weighted by Gasteiger charge is -2.16. The fraction of sp³-hybridized carbons (Fsp3) is 0.176. The summed E-state index contributed by atoms with van der Waals surface area (Å²) >= 11 is 0. The van der Waals surface area contributed by atoms with Crippen LogP contribution >= 0.6 is 0 Å². The lowest BCUT2D eigenvalue weighted by Crippen LogP contribution is -2.21. The molecule has 0 bridgehead atoms. The van der Waals surface area contributed by atoms with Crippen molar-refractivity contribution in [3.05, 3.63) is 65.2 Å². The van der Waals surface area contributed by atoms with Gasteiger partial charge in [0.15, 0.2) is 0 Å². The maximum Gasteiger partial charge on any atom is 0.312 e. The van der Waals surface area contributed by atoms with E-state index in [0.717, 1.165) is 11.1 Å². The molecule has 0 saturated carbocycles. The van der Waals surface area contributed by atoms with Crippen molar-refractivity contribution >= 4 is 11.7 Å². The molecule has 0 aliphatic carbocycles. The molecule has 0 saturated heterocycles. The zero-order chi connectivity index (χ0) is 15.2. The number of carbonyl (C=O) groups is 1. The van der Waals surface area contributed by atoms with Gasteiger partial charge in [0.05, 0.1) is 17.2 Å². The highest BCUT2D eigenvalue weighted by Gasteiger charge is 2.20. The van der Waals surface area contributed by atoms with Crippen molar-refractivity contribution in [3.8, 4) is 6.07 Å². The molecule has 0 aliphatic heterocycles. The molecule has 4 nitrogen and oxygen atoms in total. The van der Waals surface area contributed by atoms with E-state index in [0.29, 0.717) is 11.3 Å². The number of rotatable bonds is 5. The number of nitrogens with one attached hydrogen (secondary N) is 1. The fourth-order valence-corrected chi connectivity index (χ4v) is 2.23. The summed E-state index contributed by atoms with van der Waals surface area (Å²) in [4.78, 5) is 11.5. The molecular weight excluding hydrogens is 264 g/mol. The van der Waals surface area contributed by atoms with Crippen LogP contribution in [0, 0.1) is 18.3 Å². The number of aliphatic carboxylic acids is 1. The Kier molecular flexibility index (Phi) is 4.57. The molecule has 4 heteroatoms. The third-order valence-corrected chi connectivity index (χ3v) is 3.38. The number of carboxylic acid groups (broad SMARTS) is 1. The van der Waals surface area contributed by atoms with Gasteiger partial charge in [0, 0.05) is 6.54 Å². The van der Waals surface area contributed by atoms with Gasteiger partial charge in [-0.05, 0) is 24.1 Å². The first-order valence-electron chi connectivity index (χ1n) is 6.65. The highest BCUT2D eigenvalue weighted by atomic mass is 16.4. The number of carboxylic acids is 1. The molecule has 0 amide bonds. The van der Waals surface area contributed by atoms with Crippen LogP contribution in [0.15, 0.2) is 48.5 Å². The largest absolute Gasteiger partial charge is 0.481 e. The summed E-state index contributed by atoms with van der Waals surface area (Å²) in [6.45, 7) is 2.13. The molecule has 0 heterocycles. The standard InChI is InChI=1S/C17H16N2O2/c1-12-6-5-9-14(10-18)16(12)19-11-15(17(20)21)13-7-3-2-4-8-13/h2-9,15,19H,11H2,1H3,(H,20,21). The summed E-state index contributed by atoms with van der Waals surface area (Å²) in [5.74, 6) is -1.54. The summed E-state index contributed by atoms with van der Waals surface area (Å²) in [5.41, 5.74) is 2.88. The maximum absolute atomic E-state index is 11.5. The lowest BCUT2D eigenvalue weighted by molar-refractivity contribution is -0.138. The summed E-state index contributed by atoms with van der Waals surface area (Å²) < 4.78 is 0. The third-order valence-electron chi connectivity index (χ3n) is 3.38. The number of nitrogens with zero attached hydrogens (tertiary/aromatic N) is 1. The van der Waals surface area contributed by atoms with Crippen LogP contribution < -0.4 is 5.32 Å². The van der Waals surface area contributed by atoms with Crippen LogP contribution in [0.1, 0.15) is 22.6 Å². The molecule has 2 N–H and O–H groups in total. The number of aryl methyl sites for hydroxylation is 1. The SMILES string of the molecule is Cc1cccc(C#N)c1NCC(C(=O)O)c1ccccc1. The molecule has 0 aromatic heterocycles. The molecule has 21 heavy (non-hydrogen) atoms. The van der Waals surface area contributed by atoms with Gasteiger partial charge in [0.1, 0.15) is 6.07 Å². The molecule has 2 rings (SSSR count). The minimum absolute atomic E-state index is 0.235. The van der Waals surface area contributed by atoms with Gasteiger partial charge in [-0.1, -0.05) is 42.5 Å². The van der Waals surface area contributed by atoms with Crippen LogP contribution in [0.5, 0.6) is 0 Å². The summed E-state index contributed by atoms with van der Waals surface area (Å²) in [7, 11) is 0. The first kappa shape index (κ1) is 14.6. The Morgan fingerprint density at radius 2 is 1.95 bits per heavy atom. The molecule has 106 valence electrons. The normalized spacial score (nSPS) is 11.4. The van der Waals surface area contributed by atoms with Crippen molar-refractivity contribution < 1.29 is 9.90 Å². The van der Waals surface area contributed by atoms with Crippen molar-refractivity contribution in [2.45, 2.75) is 12.8 Å². The second-order valence-corrected chi connectivity index (χ2v) is 4.79. The molecule has 2 aromatic carbocycles. The van der Waals surface area contributed by atoms with Gasteiger partial charge in [-0.2, -0.15) is 5.26 Å². The van der Waals surface area contributed by atoms with Crippen LogP contribution in [0.25, 0.3) is 0 Å². The fourth-order valence-electron chi connectivity index (χ4n) is 2.23. The van der Waals surface area contributed by atoms with E-state index in [9.17, 15) is 9.90 Å². The van der Waals surface area contributed by atoms with E-state index < -0.39 is 11.9 Å². The van der Waals surface area contributed by atoms with E-state index >= 15 is 0 Å². The Bertz CT molecular complexity index is 675. The van der Waals surface area contributed by atoms with Crippen molar-refractivity contribution in [1.82, 2.24) is 0 Å². The van der Waals surface area contributed by atoms with Gasteiger partial charge >= 0.3 is 5.97 Å². The number of hydrogen-bond acceptors (Lipinski definition) is 3. The number of anilines is 1. The molecule has 1 unspecified atom stereocenters. The highest BCUT2D eigenvalue weighted by Crippen LogP contribution is 2.22. The van der Waals surface area contributed by atoms with Crippen LogP contribution in [0.2, 0.25) is 0 Å². The van der Waals surface area contributed by atoms with E-state index in [1.807, 2.05) is 37.3 Å². The molecule has 0 spiro atoms. The smallest absolute Gasteiger partial charge is 0.312 e. The van der Waals surface area contributed by atoms with Gasteiger partial charge in [0.25, 0.3) is 0 Å². The molecule has 1 atom stereocenters. The maximum atomic E-state index is 11.5. The third kappa shape index (κ3) is 3.40. The molecule has 0 aliphatic rings. The van der Waals surface area contributed by atoms with Crippen LogP contribution in [-0.2, 0) is 4.79 Å². The van der Waals surface area contributed by atoms with Crippen molar-refractivity contribution in [2.75, 3.05) is 11.9 Å². The van der Waals surface area contributed by atoms with E-state index in [4.69, 9.17) is 5.26 Å². The zero-order valence-electron chi connectivity index (χ0n) is 11.7. The first-order valence-corrected chi connectivity index (χ1v) is 6.65. The topological polar surface area (TPSA) is 73.1 Å². The average Bonchev–Trinajstić information content (AvgIpc) is 2.49. The number of hydrogen-bond donors (Lipinski definition) is 2. The van der Waals surface area contributed by atoms with E-state index in [1.54, 1.807) is 18.2 Å². The Hall–Kier alpha value is -2.80. The Labute approximate surface area is 123 Å². The van der Waals surface area contributed by atoms with Crippen LogP contribution in [0.4, 0.5) is 5.69 Å². The van der Waals surface area contributed by atoms with Gasteiger partial charge < -0.3 is 10.4 Å². The highest BCUT2D eigenvalue weighted by molar-refractivity contribution is 5.77. The summed E-state index contributed by atoms with van der Waals surface area (Å²) in [6, 6.07) is 16.6. The van der Waals surface area contributed by atoms with E-state index in [2.05, 4.69) is 11.4 Å². The Morgan fingerprint density at radius 1 is 1.24 bits per heavy atom. The quantitative estimate of drug-likeness (QED) is 0.882. The summed E-state index contributed by atoms with van der Waals surface area (Å²) in [5, 5.41) is 21.6. The minimum Gasteiger partial charge on any atom is -0.481 e. The second kappa shape index (κ2) is 6.58. The zero-order valence-corrected chi connectivity index (χ0v) is 11.7. The number of benzene rings is 2. The predicted molar refractivity (Wildman–Crippen MR) is 81.2 cm³/mol. The molecule has 0 fully saturated rings. The van der Waals surface area contributed by atoms with E-state index in [-0.39, 0.29) is 6.54 Å². The first-order chi connectivity index (χ1) is 10.1. The van der Waals surface area contributed by atoms with Gasteiger partial charge in [-0.3, -0.25) is 4.79 Å². The summed E-state index contributed by atoms with van der Waals surface area (Å²) in [6.07, 6.45) is 0. The monoisotopic (exact) mass is 280 g/mol. The van der Waals surface area contributed by atoms with Crippen LogP contribution in [-0.4, -0.2) is 17.6 Å². The predicted octanol–water partition coefficient (Wildman–Crippen LogP) is 3.15. The van der Waals surface area contributed by atoms with E-state index in [1.165, 1.54) is 0 Å². The Morgan fingerprint density at radius 3 is 2.57 bits per heavy atom. The second-order valence-electron chi connectivity index (χ2n) is 4.79. The molecular formula is C17H16N2O2. The minimum atomic E-state index is -0.888.